The summed E-state index contributed by atoms with van der Waals surface area (Å²) in [5.41, 5.74) is 2.83. The molecule has 0 fully saturated rings. The molecule has 1 aromatic heterocycles. The predicted octanol–water partition coefficient (Wildman–Crippen LogP) is 2.17. The number of rotatable bonds is 6. The van der Waals surface area contributed by atoms with Crippen molar-refractivity contribution in [1.82, 2.24) is 9.55 Å². The molecular formula is C19H22N4O4S2. The fourth-order valence-electron chi connectivity index (χ4n) is 3.61. The summed E-state index contributed by atoms with van der Waals surface area (Å²) in [6.45, 7) is 0.505. The summed E-state index contributed by atoms with van der Waals surface area (Å²) in [4.78, 5) is 4.64. The standard InChI is InChI=1S/C19H22N4O4S2/c1-21-17-10-5-6-11-18(17)23(29(21,26)27)14-19-20-15-8-3-4-9-16(15)22(19)12-7-13-28(2,24)25/h3-6,8-11H,7,12-14H2,1-2H3. The van der Waals surface area contributed by atoms with Crippen LogP contribution in [-0.2, 0) is 33.1 Å². The minimum Gasteiger partial charge on any atom is -0.326 e. The van der Waals surface area contributed by atoms with E-state index in [2.05, 4.69) is 4.98 Å². The summed E-state index contributed by atoms with van der Waals surface area (Å²) in [5, 5.41) is 0. The lowest BCUT2D eigenvalue weighted by Crippen LogP contribution is -2.36. The molecule has 1 aliphatic heterocycles. The van der Waals surface area contributed by atoms with Crippen LogP contribution in [0.15, 0.2) is 48.5 Å². The average Bonchev–Trinajstić information content (AvgIpc) is 3.10. The van der Waals surface area contributed by atoms with E-state index in [4.69, 9.17) is 0 Å². The molecule has 2 aromatic carbocycles. The Labute approximate surface area is 170 Å². The maximum absolute atomic E-state index is 13.0. The fraction of sp³-hybridized carbons (Fsp3) is 0.316. The molecule has 0 N–H and O–H groups in total. The average molecular weight is 435 g/mol. The maximum Gasteiger partial charge on any atom is 0.326 e. The van der Waals surface area contributed by atoms with Crippen LogP contribution in [0.1, 0.15) is 12.2 Å². The molecule has 0 amide bonds. The van der Waals surface area contributed by atoms with Gasteiger partial charge in [0.1, 0.15) is 15.7 Å². The Hall–Kier alpha value is -2.59. The second-order valence-corrected chi connectivity index (χ2v) is 11.3. The molecule has 0 spiro atoms. The Morgan fingerprint density at radius 1 is 1.00 bits per heavy atom. The van der Waals surface area contributed by atoms with Gasteiger partial charge in [0.25, 0.3) is 0 Å². The lowest BCUT2D eigenvalue weighted by atomic mass is 10.2. The largest absolute Gasteiger partial charge is 0.326 e. The van der Waals surface area contributed by atoms with Gasteiger partial charge in [-0.25, -0.2) is 17.7 Å². The van der Waals surface area contributed by atoms with Crippen LogP contribution in [0.2, 0.25) is 0 Å². The van der Waals surface area contributed by atoms with Gasteiger partial charge >= 0.3 is 10.2 Å². The first-order valence-corrected chi connectivity index (χ1v) is 12.6. The molecule has 0 atom stereocenters. The predicted molar refractivity (Wildman–Crippen MR) is 114 cm³/mol. The molecule has 3 aromatic rings. The lowest BCUT2D eigenvalue weighted by Gasteiger charge is -2.19. The molecule has 0 bridgehead atoms. The Balaban J connectivity index is 1.74. The zero-order valence-corrected chi connectivity index (χ0v) is 17.8. The molecular weight excluding hydrogens is 412 g/mol. The molecule has 154 valence electrons. The monoisotopic (exact) mass is 434 g/mol. The van der Waals surface area contributed by atoms with E-state index in [1.165, 1.54) is 21.9 Å². The number of sulfone groups is 1. The van der Waals surface area contributed by atoms with Gasteiger partial charge in [0.2, 0.25) is 0 Å². The normalized spacial score (nSPS) is 15.8. The molecule has 8 nitrogen and oxygen atoms in total. The number of anilines is 2. The van der Waals surface area contributed by atoms with Crippen LogP contribution in [-0.4, -0.2) is 45.4 Å². The van der Waals surface area contributed by atoms with E-state index < -0.39 is 20.0 Å². The zero-order chi connectivity index (χ0) is 20.8. The number of imidazole rings is 1. The van der Waals surface area contributed by atoms with Crippen molar-refractivity contribution in [3.8, 4) is 0 Å². The van der Waals surface area contributed by atoms with Gasteiger partial charge in [-0.1, -0.05) is 24.3 Å². The quantitative estimate of drug-likeness (QED) is 0.593. The second-order valence-electron chi connectivity index (χ2n) is 7.12. The van der Waals surface area contributed by atoms with Crippen LogP contribution in [0, 0.1) is 0 Å². The van der Waals surface area contributed by atoms with Crippen molar-refractivity contribution in [2.24, 2.45) is 0 Å². The molecule has 29 heavy (non-hydrogen) atoms. The Morgan fingerprint density at radius 2 is 1.66 bits per heavy atom. The number of benzene rings is 2. The highest BCUT2D eigenvalue weighted by Gasteiger charge is 2.38. The Kier molecular flexibility index (Phi) is 4.78. The highest BCUT2D eigenvalue weighted by Crippen LogP contribution is 2.40. The zero-order valence-electron chi connectivity index (χ0n) is 16.2. The SMILES string of the molecule is CN1c2ccccc2N(Cc2nc3ccccc3n2CCCS(C)(=O)=O)S1(=O)=O. The summed E-state index contributed by atoms with van der Waals surface area (Å²) in [6.07, 6.45) is 1.64. The van der Waals surface area contributed by atoms with Crippen molar-refractivity contribution in [3.63, 3.8) is 0 Å². The molecule has 10 heteroatoms. The van der Waals surface area contributed by atoms with Crippen LogP contribution in [0.25, 0.3) is 11.0 Å². The van der Waals surface area contributed by atoms with E-state index in [-0.39, 0.29) is 12.3 Å². The first kappa shape index (κ1) is 19.7. The molecule has 0 saturated carbocycles. The van der Waals surface area contributed by atoms with E-state index in [1.807, 2.05) is 28.8 Å². The topological polar surface area (TPSA) is 92.6 Å². The summed E-state index contributed by atoms with van der Waals surface area (Å²) in [5.74, 6) is 0.639. The van der Waals surface area contributed by atoms with Crippen LogP contribution < -0.4 is 8.61 Å². The molecule has 0 unspecified atom stereocenters. The number of aryl methyl sites for hydroxylation is 1. The van der Waals surface area contributed by atoms with Gasteiger partial charge in [0.15, 0.2) is 0 Å². The van der Waals surface area contributed by atoms with E-state index in [9.17, 15) is 16.8 Å². The van der Waals surface area contributed by atoms with E-state index in [0.717, 1.165) is 11.0 Å². The van der Waals surface area contributed by atoms with Crippen molar-refractivity contribution in [1.29, 1.82) is 0 Å². The third-order valence-electron chi connectivity index (χ3n) is 5.03. The van der Waals surface area contributed by atoms with Crippen molar-refractivity contribution in [3.05, 3.63) is 54.4 Å². The van der Waals surface area contributed by atoms with Gasteiger partial charge < -0.3 is 4.57 Å². The van der Waals surface area contributed by atoms with Gasteiger partial charge in [0.05, 0.1) is 34.7 Å². The van der Waals surface area contributed by atoms with Crippen LogP contribution >= 0.6 is 0 Å². The van der Waals surface area contributed by atoms with Gasteiger partial charge in [-0.15, -0.1) is 0 Å². The summed E-state index contributed by atoms with van der Waals surface area (Å²) < 4.78 is 53.5. The summed E-state index contributed by atoms with van der Waals surface area (Å²) in [7, 11) is -5.25. The van der Waals surface area contributed by atoms with Gasteiger partial charge in [0, 0.05) is 19.8 Å². The third kappa shape index (κ3) is 3.58. The van der Waals surface area contributed by atoms with Crippen molar-refractivity contribution in [2.75, 3.05) is 27.7 Å². The van der Waals surface area contributed by atoms with Gasteiger partial charge in [-0.05, 0) is 30.7 Å². The van der Waals surface area contributed by atoms with Gasteiger partial charge in [-0.2, -0.15) is 8.42 Å². The van der Waals surface area contributed by atoms with E-state index in [0.29, 0.717) is 30.2 Å². The van der Waals surface area contributed by atoms with E-state index in [1.54, 1.807) is 24.3 Å². The van der Waals surface area contributed by atoms with Gasteiger partial charge in [-0.3, -0.25) is 4.31 Å². The first-order chi connectivity index (χ1) is 13.7. The Bertz CT molecular complexity index is 1280. The number of nitrogens with zero attached hydrogens (tertiary/aromatic N) is 4. The number of para-hydroxylation sites is 4. The number of aromatic nitrogens is 2. The third-order valence-corrected chi connectivity index (χ3v) is 7.83. The summed E-state index contributed by atoms with van der Waals surface area (Å²) in [6, 6.07) is 14.7. The molecule has 0 saturated heterocycles. The Morgan fingerprint density at radius 3 is 2.38 bits per heavy atom. The maximum atomic E-state index is 13.0. The molecule has 4 rings (SSSR count). The molecule has 0 radical (unpaired) electrons. The van der Waals surface area contributed by atoms with Crippen LogP contribution in [0.5, 0.6) is 0 Å². The highest BCUT2D eigenvalue weighted by atomic mass is 32.2. The smallest absolute Gasteiger partial charge is 0.326 e. The van der Waals surface area contributed by atoms with Crippen molar-refractivity contribution < 1.29 is 16.8 Å². The minimum absolute atomic E-state index is 0.0620. The van der Waals surface area contributed by atoms with Crippen LogP contribution in [0.3, 0.4) is 0 Å². The molecule has 2 heterocycles. The minimum atomic E-state index is -3.70. The van der Waals surface area contributed by atoms with Crippen LogP contribution in [0.4, 0.5) is 11.4 Å². The fourth-order valence-corrected chi connectivity index (χ4v) is 5.65. The number of hydrogen-bond acceptors (Lipinski definition) is 5. The first-order valence-electron chi connectivity index (χ1n) is 9.16. The molecule has 0 aliphatic carbocycles. The molecule has 1 aliphatic rings. The number of hydrogen-bond donors (Lipinski definition) is 0. The summed E-state index contributed by atoms with van der Waals surface area (Å²) >= 11 is 0. The number of fused-ring (bicyclic) bond motifs is 2. The second kappa shape index (κ2) is 7.03. The lowest BCUT2D eigenvalue weighted by molar-refractivity contribution is 0.585. The van der Waals surface area contributed by atoms with E-state index >= 15 is 0 Å². The van der Waals surface area contributed by atoms with Crippen molar-refractivity contribution in [2.45, 2.75) is 19.5 Å². The van der Waals surface area contributed by atoms with Crippen molar-refractivity contribution >= 4 is 42.5 Å². The highest BCUT2D eigenvalue weighted by molar-refractivity contribution is 7.94.